The predicted molar refractivity (Wildman–Crippen MR) is 98.8 cm³/mol. The van der Waals surface area contributed by atoms with Gasteiger partial charge in [0, 0.05) is 30.2 Å². The molecule has 0 saturated heterocycles. The van der Waals surface area contributed by atoms with Gasteiger partial charge >= 0.3 is 0 Å². The third-order valence-electron chi connectivity index (χ3n) is 4.41. The summed E-state index contributed by atoms with van der Waals surface area (Å²) in [6, 6.07) is 7.66. The molecular formula is C18H23N3O2S. The molecule has 5 nitrogen and oxygen atoms in total. The number of rotatable bonds is 5. The highest BCUT2D eigenvalue weighted by molar-refractivity contribution is 7.16. The highest BCUT2D eigenvalue weighted by atomic mass is 32.1. The number of nitrogens with two attached hydrogens (primary N) is 1. The minimum atomic E-state index is -0.876. The van der Waals surface area contributed by atoms with E-state index in [-0.39, 0.29) is 0 Å². The van der Waals surface area contributed by atoms with Gasteiger partial charge < -0.3 is 21.1 Å². The first kappa shape index (κ1) is 16.8. The molecule has 0 spiro atoms. The van der Waals surface area contributed by atoms with E-state index in [2.05, 4.69) is 5.32 Å². The van der Waals surface area contributed by atoms with E-state index in [4.69, 9.17) is 5.73 Å². The minimum Gasteiger partial charge on any atom is -0.378 e. The minimum absolute atomic E-state index is 0.424. The zero-order chi connectivity index (χ0) is 17.3. The van der Waals surface area contributed by atoms with Gasteiger partial charge in [0.15, 0.2) is 6.23 Å². The van der Waals surface area contributed by atoms with Crippen molar-refractivity contribution in [1.29, 1.82) is 0 Å². The molecule has 0 aliphatic heterocycles. The topological polar surface area (TPSA) is 78.6 Å². The quantitative estimate of drug-likeness (QED) is 0.728. The van der Waals surface area contributed by atoms with Crippen molar-refractivity contribution >= 4 is 27.9 Å². The molecule has 1 atom stereocenters. The van der Waals surface area contributed by atoms with Gasteiger partial charge in [0.2, 0.25) is 0 Å². The number of thiophene rings is 1. The van der Waals surface area contributed by atoms with Gasteiger partial charge in [-0.15, -0.1) is 11.3 Å². The number of aliphatic hydroxyl groups is 1. The van der Waals surface area contributed by atoms with Crippen molar-refractivity contribution in [3.05, 3.63) is 45.8 Å². The number of amides is 1. The van der Waals surface area contributed by atoms with E-state index in [9.17, 15) is 9.90 Å². The van der Waals surface area contributed by atoms with Gasteiger partial charge in [-0.1, -0.05) is 12.1 Å². The van der Waals surface area contributed by atoms with Gasteiger partial charge in [-0.3, -0.25) is 4.79 Å². The van der Waals surface area contributed by atoms with Gasteiger partial charge in [-0.2, -0.15) is 0 Å². The highest BCUT2D eigenvalue weighted by Crippen LogP contribution is 2.39. The molecule has 0 fully saturated rings. The number of nitrogens with zero attached hydrogens (tertiary/aromatic N) is 1. The maximum absolute atomic E-state index is 11.9. The molecule has 0 saturated carbocycles. The Kier molecular flexibility index (Phi) is 4.78. The van der Waals surface area contributed by atoms with E-state index >= 15 is 0 Å². The van der Waals surface area contributed by atoms with E-state index in [0.717, 1.165) is 42.5 Å². The number of benzene rings is 1. The average Bonchev–Trinajstić information content (AvgIpc) is 2.92. The number of carbonyl (C=O) groups excluding carboxylic acids is 1. The van der Waals surface area contributed by atoms with Crippen LogP contribution >= 0.6 is 11.3 Å². The van der Waals surface area contributed by atoms with Gasteiger partial charge in [0.05, 0.1) is 5.56 Å². The Morgan fingerprint density at radius 2 is 1.92 bits per heavy atom. The summed E-state index contributed by atoms with van der Waals surface area (Å²) in [4.78, 5) is 15.1. The monoisotopic (exact) mass is 345 g/mol. The molecule has 1 amide bonds. The van der Waals surface area contributed by atoms with Crippen molar-refractivity contribution < 1.29 is 9.90 Å². The first-order chi connectivity index (χ1) is 11.5. The van der Waals surface area contributed by atoms with E-state index in [1.807, 2.05) is 43.3 Å². The van der Waals surface area contributed by atoms with Gasteiger partial charge in [0.25, 0.3) is 5.91 Å². The van der Waals surface area contributed by atoms with Crippen molar-refractivity contribution in [2.24, 2.45) is 5.73 Å². The van der Waals surface area contributed by atoms with E-state index < -0.39 is 12.1 Å². The molecule has 1 heterocycles. The SMILES string of the molecule is CN(C)c1ccc(C(O)Nc2sc3c(c2C(N)=O)CCCC3)cc1. The summed E-state index contributed by atoms with van der Waals surface area (Å²) in [6.07, 6.45) is 3.21. The molecule has 2 aromatic rings. The second-order valence-corrected chi connectivity index (χ2v) is 7.42. The van der Waals surface area contributed by atoms with Crippen molar-refractivity contribution in [2.75, 3.05) is 24.3 Å². The van der Waals surface area contributed by atoms with Crippen LogP contribution in [0.15, 0.2) is 24.3 Å². The van der Waals surface area contributed by atoms with Gasteiger partial charge in [-0.05, 0) is 43.4 Å². The molecule has 0 bridgehead atoms. The van der Waals surface area contributed by atoms with Crippen LogP contribution in [0.5, 0.6) is 0 Å². The molecule has 1 aromatic carbocycles. The van der Waals surface area contributed by atoms with Crippen LogP contribution in [0, 0.1) is 0 Å². The lowest BCUT2D eigenvalue weighted by molar-refractivity contribution is 0.1000. The Balaban J connectivity index is 1.85. The number of fused-ring (bicyclic) bond motifs is 1. The van der Waals surface area contributed by atoms with E-state index in [0.29, 0.717) is 10.6 Å². The summed E-state index contributed by atoms with van der Waals surface area (Å²) in [5.41, 5.74) is 9.03. The number of hydrogen-bond donors (Lipinski definition) is 3. The second-order valence-electron chi connectivity index (χ2n) is 6.31. The summed E-state index contributed by atoms with van der Waals surface area (Å²) < 4.78 is 0. The van der Waals surface area contributed by atoms with Crippen LogP contribution in [0.2, 0.25) is 0 Å². The summed E-state index contributed by atoms with van der Waals surface area (Å²) in [6.45, 7) is 0. The van der Waals surface area contributed by atoms with Crippen molar-refractivity contribution in [2.45, 2.75) is 31.9 Å². The predicted octanol–water partition coefficient (Wildman–Crippen LogP) is 2.89. The van der Waals surface area contributed by atoms with Crippen LogP contribution in [0.25, 0.3) is 0 Å². The van der Waals surface area contributed by atoms with Crippen molar-refractivity contribution in [3.8, 4) is 0 Å². The molecule has 1 aromatic heterocycles. The zero-order valence-electron chi connectivity index (χ0n) is 14.0. The molecule has 1 aliphatic rings. The Labute approximate surface area is 146 Å². The maximum Gasteiger partial charge on any atom is 0.251 e. The Morgan fingerprint density at radius 3 is 2.54 bits per heavy atom. The molecule has 4 N–H and O–H groups in total. The summed E-state index contributed by atoms with van der Waals surface area (Å²) in [5.74, 6) is -0.424. The van der Waals surface area contributed by atoms with Crippen LogP contribution in [-0.2, 0) is 12.8 Å². The van der Waals surface area contributed by atoms with Crippen LogP contribution in [-0.4, -0.2) is 25.1 Å². The van der Waals surface area contributed by atoms with Crippen molar-refractivity contribution in [1.82, 2.24) is 0 Å². The number of hydrogen-bond acceptors (Lipinski definition) is 5. The fourth-order valence-electron chi connectivity index (χ4n) is 3.09. The molecule has 24 heavy (non-hydrogen) atoms. The Bertz CT molecular complexity index is 737. The standard InChI is InChI=1S/C18H23N3O2S/c1-21(2)12-9-7-11(8-10-12)17(23)20-18-15(16(19)22)13-5-3-4-6-14(13)24-18/h7-10,17,20,23H,3-6H2,1-2H3,(H2,19,22). The van der Waals surface area contributed by atoms with Crippen LogP contribution < -0.4 is 16.0 Å². The molecule has 6 heteroatoms. The fraction of sp³-hybridized carbons (Fsp3) is 0.389. The number of primary amides is 1. The van der Waals surface area contributed by atoms with Crippen LogP contribution in [0.3, 0.4) is 0 Å². The molecular weight excluding hydrogens is 322 g/mol. The van der Waals surface area contributed by atoms with E-state index in [1.54, 1.807) is 11.3 Å². The van der Waals surface area contributed by atoms with Gasteiger partial charge in [0.1, 0.15) is 5.00 Å². The fourth-order valence-corrected chi connectivity index (χ4v) is 4.41. The zero-order valence-corrected chi connectivity index (χ0v) is 14.8. The lowest BCUT2D eigenvalue weighted by Gasteiger charge is -2.17. The number of anilines is 2. The van der Waals surface area contributed by atoms with Crippen LogP contribution in [0.4, 0.5) is 10.7 Å². The first-order valence-corrected chi connectivity index (χ1v) is 8.95. The Morgan fingerprint density at radius 1 is 1.25 bits per heavy atom. The third-order valence-corrected chi connectivity index (χ3v) is 5.63. The normalized spacial score (nSPS) is 14.8. The largest absolute Gasteiger partial charge is 0.378 e. The molecule has 0 radical (unpaired) electrons. The second kappa shape index (κ2) is 6.83. The lowest BCUT2D eigenvalue weighted by Crippen LogP contribution is -2.17. The molecule has 1 unspecified atom stereocenters. The molecule has 128 valence electrons. The van der Waals surface area contributed by atoms with Gasteiger partial charge in [-0.25, -0.2) is 0 Å². The molecule has 1 aliphatic carbocycles. The average molecular weight is 345 g/mol. The third kappa shape index (κ3) is 3.25. The van der Waals surface area contributed by atoms with Crippen molar-refractivity contribution in [3.63, 3.8) is 0 Å². The first-order valence-electron chi connectivity index (χ1n) is 8.13. The summed E-state index contributed by atoms with van der Waals surface area (Å²) in [7, 11) is 3.94. The van der Waals surface area contributed by atoms with E-state index in [1.165, 1.54) is 4.88 Å². The number of carbonyl (C=O) groups is 1. The number of aryl methyl sites for hydroxylation is 1. The number of aliphatic hydroxyl groups excluding tert-OH is 1. The van der Waals surface area contributed by atoms with Crippen LogP contribution in [0.1, 0.15) is 45.4 Å². The summed E-state index contributed by atoms with van der Waals surface area (Å²) >= 11 is 1.54. The molecule has 3 rings (SSSR count). The lowest BCUT2D eigenvalue weighted by atomic mass is 9.95. The Hall–Kier alpha value is -2.05. The maximum atomic E-state index is 11.9. The highest BCUT2D eigenvalue weighted by Gasteiger charge is 2.25. The summed E-state index contributed by atoms with van der Waals surface area (Å²) in [5, 5.41) is 14.3. The smallest absolute Gasteiger partial charge is 0.251 e. The number of nitrogens with one attached hydrogen (secondary N) is 1.